The van der Waals surface area contributed by atoms with Gasteiger partial charge in [0.05, 0.1) is 6.61 Å². The monoisotopic (exact) mass is 298 g/mol. The molecule has 0 aliphatic carbocycles. The third-order valence-corrected chi connectivity index (χ3v) is 3.83. The highest BCUT2D eigenvalue weighted by Gasteiger charge is 2.13. The van der Waals surface area contributed by atoms with Gasteiger partial charge in [-0.3, -0.25) is 4.98 Å². The van der Waals surface area contributed by atoms with Gasteiger partial charge in [-0.2, -0.15) is 0 Å². The molecule has 3 rings (SSSR count). The predicted octanol–water partition coefficient (Wildman–Crippen LogP) is 2.93. The first-order chi connectivity index (χ1) is 10.9. The summed E-state index contributed by atoms with van der Waals surface area (Å²) in [7, 11) is 0. The largest absolute Gasteiger partial charge is 0.489 e. The van der Waals surface area contributed by atoms with Gasteiger partial charge < -0.3 is 14.8 Å². The minimum Gasteiger partial charge on any atom is -0.489 e. The molecule has 116 valence electrons. The first-order valence-electron chi connectivity index (χ1n) is 7.82. The van der Waals surface area contributed by atoms with Crippen molar-refractivity contribution in [3.8, 4) is 5.75 Å². The van der Waals surface area contributed by atoms with Crippen LogP contribution < -0.4 is 10.1 Å². The number of para-hydroxylation sites is 1. The molecule has 22 heavy (non-hydrogen) atoms. The number of ether oxygens (including phenoxy) is 2. The maximum atomic E-state index is 5.95. The van der Waals surface area contributed by atoms with Crippen LogP contribution in [0.4, 0.5) is 0 Å². The molecule has 4 nitrogen and oxygen atoms in total. The topological polar surface area (TPSA) is 43.4 Å². The average Bonchev–Trinajstić information content (AvgIpc) is 2.61. The fourth-order valence-corrected chi connectivity index (χ4v) is 2.59. The number of hydrogen-bond donors (Lipinski definition) is 1. The second-order valence-electron chi connectivity index (χ2n) is 5.55. The van der Waals surface area contributed by atoms with Crippen LogP contribution in [-0.2, 0) is 17.9 Å². The molecule has 1 aromatic heterocycles. The van der Waals surface area contributed by atoms with Gasteiger partial charge in [-0.05, 0) is 25.0 Å². The Morgan fingerprint density at radius 3 is 3.00 bits per heavy atom. The first-order valence-corrected chi connectivity index (χ1v) is 7.82. The number of aromatic nitrogens is 1. The van der Waals surface area contributed by atoms with Crippen LogP contribution in [-0.4, -0.2) is 24.2 Å². The van der Waals surface area contributed by atoms with Gasteiger partial charge in [0.1, 0.15) is 12.4 Å². The van der Waals surface area contributed by atoms with Gasteiger partial charge in [0.15, 0.2) is 0 Å². The molecular weight excluding hydrogens is 276 g/mol. The minimum atomic E-state index is 0.445. The summed E-state index contributed by atoms with van der Waals surface area (Å²) in [6.07, 6.45) is 5.92. The molecule has 2 aromatic rings. The maximum Gasteiger partial charge on any atom is 0.124 e. The summed E-state index contributed by atoms with van der Waals surface area (Å²) in [6, 6.07) is 12.6. The predicted molar refractivity (Wildman–Crippen MR) is 85.7 cm³/mol. The average molecular weight is 298 g/mol. The highest BCUT2D eigenvalue weighted by molar-refractivity contribution is 5.33. The van der Waals surface area contributed by atoms with Crippen molar-refractivity contribution in [2.75, 3.05) is 13.2 Å². The summed E-state index contributed by atoms with van der Waals surface area (Å²) in [5.74, 6) is 0.926. The SMILES string of the molecule is c1cncc(COc2ccccc2CNC2CCCOC2)c1. The van der Waals surface area contributed by atoms with Gasteiger partial charge in [0.25, 0.3) is 0 Å². The number of nitrogens with zero attached hydrogens (tertiary/aromatic N) is 1. The van der Waals surface area contributed by atoms with E-state index in [0.717, 1.165) is 37.5 Å². The molecule has 2 heterocycles. The molecule has 4 heteroatoms. The van der Waals surface area contributed by atoms with Crippen molar-refractivity contribution in [2.45, 2.75) is 32.0 Å². The normalized spacial score (nSPS) is 18.1. The van der Waals surface area contributed by atoms with Gasteiger partial charge >= 0.3 is 0 Å². The van der Waals surface area contributed by atoms with E-state index < -0.39 is 0 Å². The molecular formula is C18H22N2O2. The van der Waals surface area contributed by atoms with Crippen molar-refractivity contribution in [2.24, 2.45) is 0 Å². The number of nitrogens with one attached hydrogen (secondary N) is 1. The van der Waals surface area contributed by atoms with Crippen LogP contribution in [0.1, 0.15) is 24.0 Å². The van der Waals surface area contributed by atoms with E-state index in [2.05, 4.69) is 16.4 Å². The fraction of sp³-hybridized carbons (Fsp3) is 0.389. The lowest BCUT2D eigenvalue weighted by Gasteiger charge is -2.23. The summed E-state index contributed by atoms with van der Waals surface area (Å²) >= 11 is 0. The Kier molecular flexibility index (Phi) is 5.40. The van der Waals surface area contributed by atoms with Crippen LogP contribution in [0.25, 0.3) is 0 Å². The standard InChI is InChI=1S/C18H22N2O2/c1-2-8-18(22-13-15-5-3-9-19-11-15)16(6-1)12-20-17-7-4-10-21-14-17/h1-3,5-6,8-9,11,17,20H,4,7,10,12-14H2. The van der Waals surface area contributed by atoms with Crippen molar-refractivity contribution >= 4 is 0 Å². The van der Waals surface area contributed by atoms with Crippen molar-refractivity contribution in [3.63, 3.8) is 0 Å². The Morgan fingerprint density at radius 2 is 2.18 bits per heavy atom. The van der Waals surface area contributed by atoms with Crippen LogP contribution in [0.15, 0.2) is 48.8 Å². The van der Waals surface area contributed by atoms with E-state index in [4.69, 9.17) is 9.47 Å². The first kappa shape index (κ1) is 15.0. The molecule has 1 aliphatic heterocycles. The molecule has 0 spiro atoms. The maximum absolute atomic E-state index is 5.95. The van der Waals surface area contributed by atoms with E-state index in [-0.39, 0.29) is 0 Å². The summed E-state index contributed by atoms with van der Waals surface area (Å²) in [5.41, 5.74) is 2.25. The number of benzene rings is 1. The molecule has 0 radical (unpaired) electrons. The second-order valence-corrected chi connectivity index (χ2v) is 5.55. The van der Waals surface area contributed by atoms with Crippen molar-refractivity contribution in [3.05, 3.63) is 59.9 Å². The van der Waals surface area contributed by atoms with Crippen LogP contribution in [0, 0.1) is 0 Å². The highest BCUT2D eigenvalue weighted by atomic mass is 16.5. The number of rotatable bonds is 6. The van der Waals surface area contributed by atoms with Gasteiger partial charge in [0.2, 0.25) is 0 Å². The molecule has 1 atom stereocenters. The van der Waals surface area contributed by atoms with Crippen LogP contribution >= 0.6 is 0 Å². The lowest BCUT2D eigenvalue weighted by atomic mass is 10.1. The van der Waals surface area contributed by atoms with Crippen LogP contribution in [0.3, 0.4) is 0 Å². The Bertz CT molecular complexity index is 568. The molecule has 1 aromatic carbocycles. The Labute approximate surface area is 131 Å². The third-order valence-electron chi connectivity index (χ3n) is 3.83. The van der Waals surface area contributed by atoms with Crippen molar-refractivity contribution in [1.82, 2.24) is 10.3 Å². The number of hydrogen-bond acceptors (Lipinski definition) is 4. The van der Waals surface area contributed by atoms with E-state index in [1.165, 1.54) is 12.0 Å². The van der Waals surface area contributed by atoms with E-state index in [0.29, 0.717) is 12.6 Å². The van der Waals surface area contributed by atoms with Crippen LogP contribution in [0.5, 0.6) is 5.75 Å². The molecule has 0 bridgehead atoms. The summed E-state index contributed by atoms with van der Waals surface area (Å²) in [6.45, 7) is 3.04. The minimum absolute atomic E-state index is 0.445. The molecule has 1 aliphatic rings. The van der Waals surface area contributed by atoms with Gasteiger partial charge in [-0.15, -0.1) is 0 Å². The highest BCUT2D eigenvalue weighted by Crippen LogP contribution is 2.19. The van der Waals surface area contributed by atoms with Gasteiger partial charge in [0, 0.05) is 42.7 Å². The van der Waals surface area contributed by atoms with Crippen molar-refractivity contribution in [1.29, 1.82) is 0 Å². The molecule has 1 fully saturated rings. The van der Waals surface area contributed by atoms with Crippen LogP contribution in [0.2, 0.25) is 0 Å². The van der Waals surface area contributed by atoms with E-state index in [9.17, 15) is 0 Å². The molecule has 1 N–H and O–H groups in total. The zero-order valence-electron chi connectivity index (χ0n) is 12.7. The van der Waals surface area contributed by atoms with E-state index in [1.54, 1.807) is 6.20 Å². The summed E-state index contributed by atoms with van der Waals surface area (Å²) in [4.78, 5) is 4.11. The summed E-state index contributed by atoms with van der Waals surface area (Å²) in [5, 5.41) is 3.56. The Balaban J connectivity index is 1.57. The fourth-order valence-electron chi connectivity index (χ4n) is 2.59. The second kappa shape index (κ2) is 7.92. The van der Waals surface area contributed by atoms with Crippen molar-refractivity contribution < 1.29 is 9.47 Å². The quantitative estimate of drug-likeness (QED) is 0.890. The number of pyridine rings is 1. The van der Waals surface area contributed by atoms with E-state index >= 15 is 0 Å². The zero-order chi connectivity index (χ0) is 15.0. The van der Waals surface area contributed by atoms with Gasteiger partial charge in [-0.25, -0.2) is 0 Å². The lowest BCUT2D eigenvalue weighted by Crippen LogP contribution is -2.36. The van der Waals surface area contributed by atoms with Gasteiger partial charge in [-0.1, -0.05) is 24.3 Å². The zero-order valence-corrected chi connectivity index (χ0v) is 12.7. The molecule has 0 amide bonds. The molecule has 1 unspecified atom stereocenters. The lowest BCUT2D eigenvalue weighted by molar-refractivity contribution is 0.0698. The summed E-state index contributed by atoms with van der Waals surface area (Å²) < 4.78 is 11.5. The molecule has 1 saturated heterocycles. The Hall–Kier alpha value is -1.91. The third kappa shape index (κ3) is 4.29. The van der Waals surface area contributed by atoms with E-state index in [1.807, 2.05) is 36.5 Å². The Morgan fingerprint density at radius 1 is 1.23 bits per heavy atom. The molecule has 0 saturated carbocycles. The smallest absolute Gasteiger partial charge is 0.124 e.